The summed E-state index contributed by atoms with van der Waals surface area (Å²) in [7, 11) is 0.662. The van der Waals surface area contributed by atoms with Crippen LogP contribution in [-0.2, 0) is 9.84 Å². The number of sulfone groups is 1. The second kappa shape index (κ2) is 8.62. The van der Waals surface area contributed by atoms with E-state index >= 15 is 0 Å². The highest BCUT2D eigenvalue weighted by atomic mass is 127. The van der Waals surface area contributed by atoms with E-state index in [1.165, 1.54) is 21.3 Å². The Kier molecular flexibility index (Phi) is 6.04. The molecule has 0 saturated heterocycles. The second-order valence-corrected chi connectivity index (χ2v) is 10.1. The minimum absolute atomic E-state index is 0.172. The summed E-state index contributed by atoms with van der Waals surface area (Å²) in [6, 6.07) is 10.2. The van der Waals surface area contributed by atoms with Crippen molar-refractivity contribution in [3.05, 3.63) is 57.9 Å². The molecule has 0 aliphatic rings. The van der Waals surface area contributed by atoms with Crippen LogP contribution >= 0.6 is 22.6 Å². The Morgan fingerprint density at radius 2 is 1.59 bits per heavy atom. The second-order valence-electron chi connectivity index (χ2n) is 7.09. The Balaban J connectivity index is 2.09. The molecule has 2 aromatic carbocycles. The number of fused-ring (bicyclic) bond motifs is 1. The molecular formula is C23H21IN2O5S. The first-order chi connectivity index (χ1) is 15.3. The number of ether oxygens (including phenoxy) is 3. The number of H-pyrrole nitrogens is 1. The molecule has 1 N–H and O–H groups in total. The number of methoxy groups -OCH3 is 3. The highest BCUT2D eigenvalue weighted by Crippen LogP contribution is 2.44. The first-order valence-electron chi connectivity index (χ1n) is 9.59. The number of hydrogen-bond donors (Lipinski definition) is 1. The van der Waals surface area contributed by atoms with Crippen LogP contribution in [0.5, 0.6) is 17.2 Å². The zero-order valence-corrected chi connectivity index (χ0v) is 20.9. The quantitative estimate of drug-likeness (QED) is 0.332. The van der Waals surface area contributed by atoms with Gasteiger partial charge in [0, 0.05) is 21.5 Å². The molecule has 0 saturated carbocycles. The molecule has 9 heteroatoms. The fourth-order valence-electron chi connectivity index (χ4n) is 3.59. The van der Waals surface area contributed by atoms with E-state index in [0.717, 1.165) is 9.13 Å². The summed E-state index contributed by atoms with van der Waals surface area (Å²) in [6.45, 7) is 1.91. The van der Waals surface area contributed by atoms with Gasteiger partial charge in [0.15, 0.2) is 11.5 Å². The van der Waals surface area contributed by atoms with Gasteiger partial charge in [-0.3, -0.25) is 0 Å². The maximum atomic E-state index is 13.9. The zero-order chi connectivity index (χ0) is 23.0. The molecule has 4 aromatic rings. The van der Waals surface area contributed by atoms with Gasteiger partial charge in [0.05, 0.1) is 36.5 Å². The van der Waals surface area contributed by atoms with Crippen LogP contribution in [0, 0.1) is 10.5 Å². The van der Waals surface area contributed by atoms with Gasteiger partial charge >= 0.3 is 0 Å². The average molecular weight is 564 g/mol. The third-order valence-corrected chi connectivity index (χ3v) is 7.89. The smallest absolute Gasteiger partial charge is 0.208 e. The van der Waals surface area contributed by atoms with Crippen LogP contribution in [-0.4, -0.2) is 39.7 Å². The Labute approximate surface area is 199 Å². The summed E-state index contributed by atoms with van der Waals surface area (Å²) in [5.41, 5.74) is 2.49. The van der Waals surface area contributed by atoms with Crippen molar-refractivity contribution < 1.29 is 22.6 Å². The van der Waals surface area contributed by atoms with Crippen LogP contribution in [0.15, 0.2) is 58.6 Å². The fourth-order valence-corrected chi connectivity index (χ4v) is 6.12. The number of nitrogens with one attached hydrogen (secondary N) is 1. The lowest BCUT2D eigenvalue weighted by atomic mass is 10.1. The Bertz CT molecular complexity index is 1390. The van der Waals surface area contributed by atoms with Crippen LogP contribution in [0.25, 0.3) is 22.2 Å². The minimum atomic E-state index is -3.89. The van der Waals surface area contributed by atoms with E-state index in [9.17, 15) is 8.42 Å². The van der Waals surface area contributed by atoms with Crippen molar-refractivity contribution in [1.29, 1.82) is 0 Å². The van der Waals surface area contributed by atoms with E-state index in [1.807, 2.05) is 6.92 Å². The number of halogens is 1. The highest BCUT2D eigenvalue weighted by Gasteiger charge is 2.28. The number of benzene rings is 2. The topological polar surface area (TPSA) is 90.5 Å². The molecule has 0 atom stereocenters. The molecule has 0 radical (unpaired) electrons. The van der Waals surface area contributed by atoms with Gasteiger partial charge in [-0.1, -0.05) is 17.7 Å². The number of aromatic nitrogens is 2. The maximum Gasteiger partial charge on any atom is 0.208 e. The molecule has 32 heavy (non-hydrogen) atoms. The van der Waals surface area contributed by atoms with E-state index in [0.29, 0.717) is 39.4 Å². The summed E-state index contributed by atoms with van der Waals surface area (Å²) in [6.07, 6.45) is 3.29. The molecular weight excluding hydrogens is 543 g/mol. The number of hydrogen-bond acceptors (Lipinski definition) is 6. The van der Waals surface area contributed by atoms with Crippen LogP contribution in [0.1, 0.15) is 5.56 Å². The van der Waals surface area contributed by atoms with Gasteiger partial charge < -0.3 is 19.2 Å². The van der Waals surface area contributed by atoms with Crippen LogP contribution in [0.3, 0.4) is 0 Å². The van der Waals surface area contributed by atoms with Gasteiger partial charge in [0.2, 0.25) is 15.6 Å². The molecule has 0 bridgehead atoms. The van der Waals surface area contributed by atoms with Gasteiger partial charge in [0.1, 0.15) is 5.65 Å². The van der Waals surface area contributed by atoms with Gasteiger partial charge in [-0.25, -0.2) is 13.4 Å². The number of pyridine rings is 1. The number of nitrogens with zero attached hydrogens (tertiary/aromatic N) is 1. The standard InChI is InChI=1S/C23H21IN2O5S/c1-13-5-7-15(8-6-13)32(27,28)22-16(11-25-23-20(22)17(24)12-26-23)14-9-18(29-2)21(31-4)19(10-14)30-3/h5-12H,1-4H3,(H,25,26). The molecule has 0 spiro atoms. The predicted octanol–water partition coefficient (Wildman–Crippen LogP) is 5.00. The van der Waals surface area contributed by atoms with Gasteiger partial charge in [0.25, 0.3) is 0 Å². The van der Waals surface area contributed by atoms with E-state index in [2.05, 4.69) is 32.6 Å². The SMILES string of the molecule is COc1cc(-c2cnc3[nH]cc(I)c3c2S(=O)(=O)c2ccc(C)cc2)cc(OC)c1OC. The van der Waals surface area contributed by atoms with Crippen molar-refractivity contribution in [1.82, 2.24) is 9.97 Å². The fraction of sp³-hybridized carbons (Fsp3) is 0.174. The molecule has 4 rings (SSSR count). The number of aryl methyl sites for hydroxylation is 1. The Morgan fingerprint density at radius 1 is 0.969 bits per heavy atom. The number of aromatic amines is 1. The normalized spacial score (nSPS) is 11.5. The maximum absolute atomic E-state index is 13.9. The number of rotatable bonds is 6. The Morgan fingerprint density at radius 3 is 2.16 bits per heavy atom. The molecule has 166 valence electrons. The Hall–Kier alpha value is -2.79. The largest absolute Gasteiger partial charge is 0.493 e. The van der Waals surface area contributed by atoms with Crippen LogP contribution in [0.2, 0.25) is 0 Å². The lowest BCUT2D eigenvalue weighted by Gasteiger charge is -2.17. The third-order valence-electron chi connectivity index (χ3n) is 5.18. The average Bonchev–Trinajstić information content (AvgIpc) is 3.18. The van der Waals surface area contributed by atoms with E-state index < -0.39 is 9.84 Å². The molecule has 7 nitrogen and oxygen atoms in total. The van der Waals surface area contributed by atoms with Crippen LogP contribution < -0.4 is 14.2 Å². The molecule has 0 fully saturated rings. The van der Waals surface area contributed by atoms with Gasteiger partial charge in [-0.15, -0.1) is 0 Å². The molecule has 2 aromatic heterocycles. The van der Waals surface area contributed by atoms with Crippen molar-refractivity contribution in [2.24, 2.45) is 0 Å². The van der Waals surface area contributed by atoms with Crippen molar-refractivity contribution in [3.63, 3.8) is 0 Å². The van der Waals surface area contributed by atoms with E-state index in [-0.39, 0.29) is 9.79 Å². The lowest BCUT2D eigenvalue weighted by Crippen LogP contribution is -2.06. The predicted molar refractivity (Wildman–Crippen MR) is 131 cm³/mol. The zero-order valence-electron chi connectivity index (χ0n) is 17.9. The van der Waals surface area contributed by atoms with Gasteiger partial charge in [-0.2, -0.15) is 0 Å². The van der Waals surface area contributed by atoms with Crippen molar-refractivity contribution in [2.45, 2.75) is 16.7 Å². The molecule has 0 unspecified atom stereocenters. The molecule has 0 amide bonds. The van der Waals surface area contributed by atoms with Gasteiger partial charge in [-0.05, 0) is 59.3 Å². The monoisotopic (exact) mass is 564 g/mol. The molecule has 2 heterocycles. The van der Waals surface area contributed by atoms with E-state index in [1.54, 1.807) is 48.8 Å². The minimum Gasteiger partial charge on any atom is -0.493 e. The summed E-state index contributed by atoms with van der Waals surface area (Å²) in [5, 5.41) is 0.539. The summed E-state index contributed by atoms with van der Waals surface area (Å²) in [4.78, 5) is 7.91. The lowest BCUT2D eigenvalue weighted by molar-refractivity contribution is 0.324. The summed E-state index contributed by atoms with van der Waals surface area (Å²) >= 11 is 2.11. The first-order valence-corrected chi connectivity index (χ1v) is 12.2. The molecule has 0 aliphatic heterocycles. The van der Waals surface area contributed by atoms with Crippen LogP contribution in [0.4, 0.5) is 0 Å². The van der Waals surface area contributed by atoms with Crippen molar-refractivity contribution >= 4 is 43.5 Å². The molecule has 0 aliphatic carbocycles. The van der Waals surface area contributed by atoms with Crippen molar-refractivity contribution in [2.75, 3.05) is 21.3 Å². The van der Waals surface area contributed by atoms with E-state index in [4.69, 9.17) is 14.2 Å². The summed E-state index contributed by atoms with van der Waals surface area (Å²) < 4.78 is 44.9. The van der Waals surface area contributed by atoms with Crippen molar-refractivity contribution in [3.8, 4) is 28.4 Å². The first kappa shape index (κ1) is 22.4. The highest BCUT2D eigenvalue weighted by molar-refractivity contribution is 14.1. The third kappa shape index (κ3) is 3.69. The summed E-state index contributed by atoms with van der Waals surface area (Å²) in [5.74, 6) is 1.26.